The highest BCUT2D eigenvalue weighted by atomic mass is 32.2. The van der Waals surface area contributed by atoms with Crippen LogP contribution in [0.15, 0.2) is 18.2 Å². The van der Waals surface area contributed by atoms with Gasteiger partial charge in [-0.15, -0.1) is 0 Å². The Morgan fingerprint density at radius 1 is 1.55 bits per heavy atom. The molecule has 2 rings (SSSR count). The second kappa shape index (κ2) is 5.67. The van der Waals surface area contributed by atoms with Crippen molar-refractivity contribution in [2.75, 3.05) is 19.5 Å². The Balaban J connectivity index is 2.27. The van der Waals surface area contributed by atoms with E-state index in [1.54, 1.807) is 6.92 Å². The zero-order valence-corrected chi connectivity index (χ0v) is 12.0. The fourth-order valence-electron chi connectivity index (χ4n) is 2.18. The Morgan fingerprint density at radius 3 is 2.85 bits per heavy atom. The van der Waals surface area contributed by atoms with Crippen molar-refractivity contribution in [2.24, 2.45) is 0 Å². The number of amidine groups is 1. The van der Waals surface area contributed by atoms with Gasteiger partial charge in [-0.05, 0) is 36.3 Å². The van der Waals surface area contributed by atoms with Crippen molar-refractivity contribution in [1.82, 2.24) is 5.32 Å². The quantitative estimate of drug-likeness (QED) is 0.836. The summed E-state index contributed by atoms with van der Waals surface area (Å²) in [4.78, 5) is 0. The lowest BCUT2D eigenvalue weighted by atomic mass is 10.0. The first-order valence-corrected chi connectivity index (χ1v) is 7.38. The molecule has 2 N–H and O–H groups in total. The van der Waals surface area contributed by atoms with Crippen LogP contribution in [0.1, 0.15) is 18.5 Å². The minimum absolute atomic E-state index is 0.0117. The first-order valence-electron chi connectivity index (χ1n) is 6.06. The highest BCUT2D eigenvalue weighted by Gasteiger charge is 2.48. The summed E-state index contributed by atoms with van der Waals surface area (Å²) in [6.07, 6.45) is 0. The van der Waals surface area contributed by atoms with Crippen LogP contribution in [0, 0.1) is 17.0 Å². The molecule has 1 aromatic carbocycles. The largest absolute Gasteiger partial charge is 0.615 e. The zero-order valence-electron chi connectivity index (χ0n) is 11.2. The highest BCUT2D eigenvalue weighted by molar-refractivity contribution is 7.93. The fourth-order valence-corrected chi connectivity index (χ4v) is 3.65. The van der Waals surface area contributed by atoms with Gasteiger partial charge < -0.3 is 14.6 Å². The second-order valence-corrected chi connectivity index (χ2v) is 6.84. The van der Waals surface area contributed by atoms with Gasteiger partial charge in [0.25, 0.3) is 0 Å². The van der Waals surface area contributed by atoms with Crippen LogP contribution in [0.25, 0.3) is 0 Å². The maximum Gasteiger partial charge on any atom is 0.201 e. The van der Waals surface area contributed by atoms with Gasteiger partial charge in [0.15, 0.2) is 5.84 Å². The minimum Gasteiger partial charge on any atom is -0.615 e. The molecule has 4 nitrogen and oxygen atoms in total. The predicted octanol–water partition coefficient (Wildman–Crippen LogP) is 1.74. The molecule has 1 fully saturated rings. The molecule has 3 atom stereocenters. The number of hydrogen-bond donors (Lipinski definition) is 2. The van der Waals surface area contributed by atoms with Gasteiger partial charge >= 0.3 is 0 Å². The number of methoxy groups -OCH3 is 1. The van der Waals surface area contributed by atoms with E-state index in [-0.39, 0.29) is 23.8 Å². The average Bonchev–Trinajstić information content (AvgIpc) is 2.39. The summed E-state index contributed by atoms with van der Waals surface area (Å²) in [7, 11) is 1.47. The molecule has 7 heteroatoms. The van der Waals surface area contributed by atoms with Crippen molar-refractivity contribution < 1.29 is 18.1 Å². The number of hydrogen-bond acceptors (Lipinski definition) is 3. The monoisotopic (exact) mass is 302 g/mol. The first kappa shape index (κ1) is 15.2. The molecule has 0 radical (unpaired) electrons. The molecule has 1 aliphatic heterocycles. The molecule has 3 unspecified atom stereocenters. The van der Waals surface area contributed by atoms with Gasteiger partial charge in [0, 0.05) is 12.7 Å². The van der Waals surface area contributed by atoms with Crippen LogP contribution in [-0.2, 0) is 15.9 Å². The molecule has 0 amide bonds. The summed E-state index contributed by atoms with van der Waals surface area (Å²) < 4.78 is 43.4. The third-order valence-corrected chi connectivity index (χ3v) is 5.38. The first-order chi connectivity index (χ1) is 9.38. The normalized spacial score (nSPS) is 30.1. The number of halogens is 2. The molecule has 0 aromatic heterocycles. The van der Waals surface area contributed by atoms with E-state index in [4.69, 9.17) is 10.1 Å². The van der Waals surface area contributed by atoms with Gasteiger partial charge in [0.05, 0.1) is 0 Å². The zero-order chi connectivity index (χ0) is 14.9. The molecule has 0 aliphatic carbocycles. The molecule has 0 spiro atoms. The number of rotatable bonds is 3. The maximum atomic E-state index is 13.7. The van der Waals surface area contributed by atoms with Crippen molar-refractivity contribution in [1.29, 1.82) is 5.41 Å². The number of nitrogens with one attached hydrogen (secondary N) is 2. The SMILES string of the molecule is COCC1(C)C(=N)NC(c2cc(F)ccc2F)C[S+]1[O-]. The topological polar surface area (TPSA) is 68.2 Å². The number of ether oxygens (including phenoxy) is 1. The van der Waals surface area contributed by atoms with Crippen molar-refractivity contribution in [3.05, 3.63) is 35.4 Å². The summed E-state index contributed by atoms with van der Waals surface area (Å²) in [6.45, 7) is 1.78. The van der Waals surface area contributed by atoms with Crippen LogP contribution in [0.3, 0.4) is 0 Å². The molecule has 0 saturated carbocycles. The summed E-state index contributed by atoms with van der Waals surface area (Å²) in [6, 6.07) is 2.45. The van der Waals surface area contributed by atoms with E-state index in [0.29, 0.717) is 0 Å². The number of benzene rings is 1. The maximum absolute atomic E-state index is 13.7. The van der Waals surface area contributed by atoms with Crippen molar-refractivity contribution >= 4 is 17.0 Å². The molecule has 1 aromatic rings. The standard InChI is InChI=1S/C13H16F2N2O2S/c1-13(7-19-2)12(16)17-11(6-20(13)18)9-5-8(14)3-4-10(9)15/h3-5,11H,6-7H2,1-2H3,(H2,16,17). The molecule has 0 bridgehead atoms. The van der Waals surface area contributed by atoms with Gasteiger partial charge in [-0.3, -0.25) is 5.41 Å². The van der Waals surface area contributed by atoms with Crippen molar-refractivity contribution in [3.8, 4) is 0 Å². The molecule has 1 heterocycles. The smallest absolute Gasteiger partial charge is 0.201 e. The Bertz CT molecular complexity index is 529. The molecular weight excluding hydrogens is 286 g/mol. The third-order valence-electron chi connectivity index (χ3n) is 3.42. The van der Waals surface area contributed by atoms with E-state index < -0.39 is 33.6 Å². The van der Waals surface area contributed by atoms with Crippen LogP contribution in [-0.4, -0.2) is 34.6 Å². The summed E-state index contributed by atoms with van der Waals surface area (Å²) in [5, 5.41) is 10.8. The third kappa shape index (κ3) is 2.65. The van der Waals surface area contributed by atoms with Crippen LogP contribution in [0.4, 0.5) is 8.78 Å². The van der Waals surface area contributed by atoms with E-state index in [1.165, 1.54) is 7.11 Å². The van der Waals surface area contributed by atoms with Crippen LogP contribution in [0.5, 0.6) is 0 Å². The van der Waals surface area contributed by atoms with E-state index in [0.717, 1.165) is 18.2 Å². The molecule has 20 heavy (non-hydrogen) atoms. The lowest BCUT2D eigenvalue weighted by Gasteiger charge is -2.40. The lowest BCUT2D eigenvalue weighted by Crippen LogP contribution is -2.60. The van der Waals surface area contributed by atoms with Gasteiger partial charge in [-0.1, -0.05) is 0 Å². The predicted molar refractivity (Wildman–Crippen MR) is 73.3 cm³/mol. The average molecular weight is 302 g/mol. The van der Waals surface area contributed by atoms with E-state index in [9.17, 15) is 13.3 Å². The molecule has 1 aliphatic rings. The lowest BCUT2D eigenvalue weighted by molar-refractivity contribution is 0.185. The highest BCUT2D eigenvalue weighted by Crippen LogP contribution is 2.31. The van der Waals surface area contributed by atoms with Crippen LogP contribution < -0.4 is 5.32 Å². The van der Waals surface area contributed by atoms with Crippen LogP contribution >= 0.6 is 0 Å². The van der Waals surface area contributed by atoms with Crippen molar-refractivity contribution in [2.45, 2.75) is 17.7 Å². The van der Waals surface area contributed by atoms with E-state index >= 15 is 0 Å². The van der Waals surface area contributed by atoms with Gasteiger partial charge in [-0.25, -0.2) is 8.78 Å². The molecule has 1 saturated heterocycles. The molecular formula is C13H16F2N2O2S. The fraction of sp³-hybridized carbons (Fsp3) is 0.462. The van der Waals surface area contributed by atoms with Gasteiger partial charge in [0.1, 0.15) is 30.0 Å². The Morgan fingerprint density at radius 2 is 2.25 bits per heavy atom. The van der Waals surface area contributed by atoms with E-state index in [1.807, 2.05) is 0 Å². The summed E-state index contributed by atoms with van der Waals surface area (Å²) in [5.41, 5.74) is 0.0857. The van der Waals surface area contributed by atoms with E-state index in [2.05, 4.69) is 5.32 Å². The molecule has 110 valence electrons. The Labute approximate surface area is 119 Å². The second-order valence-electron chi connectivity index (χ2n) is 4.91. The summed E-state index contributed by atoms with van der Waals surface area (Å²) >= 11 is -1.42. The Hall–Kier alpha value is -1.18. The van der Waals surface area contributed by atoms with Gasteiger partial charge in [0.2, 0.25) is 4.75 Å². The van der Waals surface area contributed by atoms with Gasteiger partial charge in [-0.2, -0.15) is 0 Å². The summed E-state index contributed by atoms with van der Waals surface area (Å²) in [5.74, 6) is -1.03. The van der Waals surface area contributed by atoms with Crippen LogP contribution in [0.2, 0.25) is 0 Å². The Kier molecular flexibility index (Phi) is 4.31. The minimum atomic E-state index is -1.42. The van der Waals surface area contributed by atoms with Crippen molar-refractivity contribution in [3.63, 3.8) is 0 Å².